The molecule has 0 N–H and O–H groups in total. The predicted octanol–water partition coefficient (Wildman–Crippen LogP) is 0.837. The first-order chi connectivity index (χ1) is 6.35. The van der Waals surface area contributed by atoms with E-state index in [0.717, 1.165) is 8.28 Å². The van der Waals surface area contributed by atoms with Crippen LogP contribution in [0.3, 0.4) is 0 Å². The van der Waals surface area contributed by atoms with E-state index in [-0.39, 0.29) is 5.38 Å². The maximum atomic E-state index is 11.6. The molecule has 14 heavy (non-hydrogen) atoms. The van der Waals surface area contributed by atoms with E-state index in [1.54, 1.807) is 6.92 Å². The van der Waals surface area contributed by atoms with Gasteiger partial charge in [-0.3, -0.25) is 0 Å². The lowest BCUT2D eigenvalue weighted by atomic mass is 10.4. The van der Waals surface area contributed by atoms with Gasteiger partial charge < -0.3 is 0 Å². The van der Waals surface area contributed by atoms with Crippen LogP contribution in [-0.4, -0.2) is 35.8 Å². The van der Waals surface area contributed by atoms with Gasteiger partial charge in [-0.25, -0.2) is 8.96 Å². The molecule has 0 saturated carbocycles. The molecule has 0 aromatic carbocycles. The van der Waals surface area contributed by atoms with E-state index in [2.05, 4.69) is 4.98 Å². The van der Waals surface area contributed by atoms with Crippen LogP contribution >= 0.6 is 11.6 Å². The summed E-state index contributed by atoms with van der Waals surface area (Å²) >= 11 is 5.76. The largest absolute Gasteiger partial charge is 0.308 e. The van der Waals surface area contributed by atoms with Gasteiger partial charge in [0.1, 0.15) is 6.33 Å². The molecule has 0 aliphatic rings. The Labute approximate surface area is 88.5 Å². The van der Waals surface area contributed by atoms with Crippen molar-refractivity contribution >= 4 is 21.8 Å². The minimum atomic E-state index is -3.46. The normalized spacial score (nSPS) is 14.6. The minimum Gasteiger partial charge on any atom is -0.239 e. The fraction of sp³-hybridized carbons (Fsp3) is 0.571. The summed E-state index contributed by atoms with van der Waals surface area (Å²) in [5, 5.41) is -0.298. The second kappa shape index (κ2) is 3.88. The van der Waals surface area contributed by atoms with Gasteiger partial charge in [-0.1, -0.05) is 0 Å². The summed E-state index contributed by atoms with van der Waals surface area (Å²) in [7, 11) is -0.546. The summed E-state index contributed by atoms with van der Waals surface area (Å²) in [6, 6.07) is 0. The summed E-state index contributed by atoms with van der Waals surface area (Å²) in [6.07, 6.45) is 2.65. The van der Waals surface area contributed by atoms with Crippen molar-refractivity contribution in [2.75, 3.05) is 14.1 Å². The Morgan fingerprint density at radius 3 is 2.50 bits per heavy atom. The number of nitrogens with zero attached hydrogens (tertiary/aromatic N) is 3. The van der Waals surface area contributed by atoms with Crippen molar-refractivity contribution in [3.8, 4) is 0 Å². The Hall–Kier alpha value is -0.590. The minimum absolute atomic E-state index is 0.298. The Kier molecular flexibility index (Phi) is 3.18. The number of rotatable bonds is 3. The highest BCUT2D eigenvalue weighted by atomic mass is 35.5. The lowest BCUT2D eigenvalue weighted by Gasteiger charge is -2.10. The Balaban J connectivity index is 3.10. The van der Waals surface area contributed by atoms with Crippen LogP contribution in [0.2, 0.25) is 0 Å². The molecule has 0 aliphatic carbocycles. The number of hydrogen-bond donors (Lipinski definition) is 0. The second-order valence-electron chi connectivity index (χ2n) is 3.03. The first-order valence-corrected chi connectivity index (χ1v) is 5.80. The third-order valence-electron chi connectivity index (χ3n) is 1.72. The van der Waals surface area contributed by atoms with Crippen molar-refractivity contribution in [3.63, 3.8) is 0 Å². The van der Waals surface area contributed by atoms with Crippen molar-refractivity contribution in [2.24, 2.45) is 0 Å². The molecule has 0 radical (unpaired) electrons. The summed E-state index contributed by atoms with van der Waals surface area (Å²) in [6.45, 7) is 1.73. The molecule has 1 aromatic rings. The monoisotopic (exact) mass is 237 g/mol. The van der Waals surface area contributed by atoms with E-state index in [1.807, 2.05) is 0 Å². The van der Waals surface area contributed by atoms with Crippen LogP contribution in [0.4, 0.5) is 0 Å². The summed E-state index contributed by atoms with van der Waals surface area (Å²) in [4.78, 5) is 3.89. The first kappa shape index (κ1) is 11.5. The van der Waals surface area contributed by atoms with Crippen LogP contribution < -0.4 is 0 Å². The van der Waals surface area contributed by atoms with Crippen molar-refractivity contribution < 1.29 is 8.42 Å². The van der Waals surface area contributed by atoms with E-state index in [4.69, 9.17) is 11.6 Å². The summed E-state index contributed by atoms with van der Waals surface area (Å²) < 4.78 is 25.3. The molecule has 5 nitrogen and oxygen atoms in total. The SMILES string of the molecule is CC(Cl)c1cn(S(=O)(=O)N(C)C)cn1. The van der Waals surface area contributed by atoms with Crippen LogP contribution in [0, 0.1) is 0 Å². The van der Waals surface area contributed by atoms with E-state index in [1.165, 1.54) is 26.6 Å². The number of aromatic nitrogens is 2. The summed E-state index contributed by atoms with van der Waals surface area (Å²) in [5.74, 6) is 0. The molecule has 1 rings (SSSR count). The third kappa shape index (κ3) is 2.08. The van der Waals surface area contributed by atoms with Gasteiger partial charge in [0.15, 0.2) is 0 Å². The van der Waals surface area contributed by atoms with Crippen molar-refractivity contribution in [3.05, 3.63) is 18.2 Å². The summed E-state index contributed by atoms with van der Waals surface area (Å²) in [5.41, 5.74) is 0.539. The highest BCUT2D eigenvalue weighted by molar-refractivity contribution is 7.87. The van der Waals surface area contributed by atoms with E-state index >= 15 is 0 Å². The first-order valence-electron chi connectivity index (χ1n) is 3.96. The molecule has 1 unspecified atom stereocenters. The molecule has 0 fully saturated rings. The lowest BCUT2D eigenvalue weighted by molar-refractivity contribution is 0.510. The maximum absolute atomic E-state index is 11.6. The van der Waals surface area contributed by atoms with Crippen molar-refractivity contribution in [1.82, 2.24) is 13.3 Å². The Morgan fingerprint density at radius 2 is 2.14 bits per heavy atom. The zero-order valence-corrected chi connectivity index (χ0v) is 9.75. The molecule has 1 atom stereocenters. The number of alkyl halides is 1. The average molecular weight is 238 g/mol. The van der Waals surface area contributed by atoms with Crippen molar-refractivity contribution in [1.29, 1.82) is 0 Å². The third-order valence-corrected chi connectivity index (χ3v) is 3.59. The van der Waals surface area contributed by atoms with Crippen LogP contribution in [0.1, 0.15) is 18.0 Å². The van der Waals surface area contributed by atoms with Gasteiger partial charge in [0.2, 0.25) is 0 Å². The lowest BCUT2D eigenvalue weighted by Crippen LogP contribution is -2.27. The molecule has 0 bridgehead atoms. The maximum Gasteiger partial charge on any atom is 0.308 e. The molecular weight excluding hydrogens is 226 g/mol. The van der Waals surface area contributed by atoms with Crippen LogP contribution in [0.5, 0.6) is 0 Å². The van der Waals surface area contributed by atoms with Gasteiger partial charge in [0.25, 0.3) is 0 Å². The smallest absolute Gasteiger partial charge is 0.239 e. The molecule has 0 saturated heterocycles. The zero-order valence-electron chi connectivity index (χ0n) is 8.18. The van der Waals surface area contributed by atoms with Gasteiger partial charge in [-0.15, -0.1) is 11.6 Å². The van der Waals surface area contributed by atoms with Gasteiger partial charge in [-0.05, 0) is 6.92 Å². The molecule has 1 aromatic heterocycles. The van der Waals surface area contributed by atoms with Crippen LogP contribution in [0.25, 0.3) is 0 Å². The highest BCUT2D eigenvalue weighted by Crippen LogP contribution is 2.17. The van der Waals surface area contributed by atoms with E-state index in [0.29, 0.717) is 5.69 Å². The van der Waals surface area contributed by atoms with Crippen LogP contribution in [-0.2, 0) is 10.2 Å². The van der Waals surface area contributed by atoms with Gasteiger partial charge in [0.05, 0.1) is 11.1 Å². The van der Waals surface area contributed by atoms with E-state index in [9.17, 15) is 8.42 Å². The molecule has 0 spiro atoms. The fourth-order valence-corrected chi connectivity index (χ4v) is 1.74. The van der Waals surface area contributed by atoms with Crippen molar-refractivity contribution in [2.45, 2.75) is 12.3 Å². The molecule has 0 amide bonds. The highest BCUT2D eigenvalue weighted by Gasteiger charge is 2.17. The molecule has 80 valence electrons. The number of hydrogen-bond acceptors (Lipinski definition) is 3. The molecule has 7 heteroatoms. The second-order valence-corrected chi connectivity index (χ2v) is 5.74. The van der Waals surface area contributed by atoms with Gasteiger partial charge in [0, 0.05) is 20.3 Å². The topological polar surface area (TPSA) is 55.2 Å². The standard InChI is InChI=1S/C7H12ClN3O2S/c1-6(8)7-4-11(5-9-7)14(12,13)10(2)3/h4-6H,1-3H3. The van der Waals surface area contributed by atoms with Gasteiger partial charge in [-0.2, -0.15) is 12.7 Å². The molecule has 0 aliphatic heterocycles. The Bertz CT molecular complexity index is 410. The fourth-order valence-electron chi connectivity index (χ4n) is 0.841. The zero-order chi connectivity index (χ0) is 10.9. The van der Waals surface area contributed by atoms with E-state index < -0.39 is 10.2 Å². The molecule has 1 heterocycles. The quantitative estimate of drug-likeness (QED) is 0.732. The average Bonchev–Trinajstić information content (AvgIpc) is 2.51. The van der Waals surface area contributed by atoms with Gasteiger partial charge >= 0.3 is 10.2 Å². The van der Waals surface area contributed by atoms with Crippen LogP contribution in [0.15, 0.2) is 12.5 Å². The number of halogens is 1. The number of imidazole rings is 1. The molecular formula is C7H12ClN3O2S. The predicted molar refractivity (Wildman–Crippen MR) is 54.5 cm³/mol. The Morgan fingerprint density at radius 1 is 1.57 bits per heavy atom.